The van der Waals surface area contributed by atoms with E-state index in [-0.39, 0.29) is 23.6 Å². The summed E-state index contributed by atoms with van der Waals surface area (Å²) in [4.78, 5) is 15.4. The summed E-state index contributed by atoms with van der Waals surface area (Å²) in [5.74, 6) is -1.16. The molecule has 0 aliphatic carbocycles. The Labute approximate surface area is 165 Å². The third kappa shape index (κ3) is 5.61. The maximum atomic E-state index is 13.3. The van der Waals surface area contributed by atoms with Crippen molar-refractivity contribution in [3.05, 3.63) is 71.3 Å². The van der Waals surface area contributed by atoms with Crippen molar-refractivity contribution in [2.24, 2.45) is 0 Å². The summed E-state index contributed by atoms with van der Waals surface area (Å²) in [7, 11) is 0. The molecule has 5 heteroatoms. The average molecular weight is 386 g/mol. The SMILES string of the molecule is CC(CNC(=O)C(Cc1ccc(F)cc1)c1ccc(F)cc1)N1CCCCC1. The van der Waals surface area contributed by atoms with Crippen LogP contribution < -0.4 is 5.32 Å². The molecular weight excluding hydrogens is 358 g/mol. The van der Waals surface area contributed by atoms with Gasteiger partial charge in [0.2, 0.25) is 5.91 Å². The van der Waals surface area contributed by atoms with Gasteiger partial charge in [-0.25, -0.2) is 8.78 Å². The topological polar surface area (TPSA) is 32.3 Å². The maximum absolute atomic E-state index is 13.3. The van der Waals surface area contributed by atoms with Crippen LogP contribution in [0.1, 0.15) is 43.2 Å². The van der Waals surface area contributed by atoms with Crippen LogP contribution >= 0.6 is 0 Å². The second-order valence-corrected chi connectivity index (χ2v) is 7.63. The molecule has 3 rings (SSSR count). The van der Waals surface area contributed by atoms with Crippen molar-refractivity contribution in [2.45, 2.75) is 44.6 Å². The number of rotatable bonds is 7. The van der Waals surface area contributed by atoms with Crippen molar-refractivity contribution in [1.29, 1.82) is 0 Å². The number of hydrogen-bond acceptors (Lipinski definition) is 2. The molecule has 28 heavy (non-hydrogen) atoms. The van der Waals surface area contributed by atoms with Crippen molar-refractivity contribution in [2.75, 3.05) is 19.6 Å². The standard InChI is InChI=1S/C23H28F2N2O/c1-17(27-13-3-2-4-14-27)16-26-23(28)22(19-7-11-21(25)12-8-19)15-18-5-9-20(24)10-6-18/h5-12,17,22H,2-4,13-16H2,1H3,(H,26,28). The minimum atomic E-state index is -0.445. The van der Waals surface area contributed by atoms with Gasteiger partial charge in [0.1, 0.15) is 11.6 Å². The van der Waals surface area contributed by atoms with Crippen LogP contribution in [0.25, 0.3) is 0 Å². The molecule has 2 aromatic rings. The second kappa shape index (κ2) is 9.78. The Bertz CT molecular complexity index is 755. The molecule has 2 atom stereocenters. The highest BCUT2D eigenvalue weighted by molar-refractivity contribution is 5.84. The number of hydrogen-bond donors (Lipinski definition) is 1. The van der Waals surface area contributed by atoms with Crippen LogP contribution in [0.2, 0.25) is 0 Å². The van der Waals surface area contributed by atoms with Crippen LogP contribution in [0, 0.1) is 11.6 Å². The molecule has 1 fully saturated rings. The van der Waals surface area contributed by atoms with Crippen LogP contribution in [0.15, 0.2) is 48.5 Å². The first-order valence-corrected chi connectivity index (χ1v) is 10.0. The van der Waals surface area contributed by atoms with Gasteiger partial charge in [-0.2, -0.15) is 0 Å². The van der Waals surface area contributed by atoms with Gasteiger partial charge in [0, 0.05) is 12.6 Å². The number of piperidine rings is 1. The van der Waals surface area contributed by atoms with E-state index in [0.29, 0.717) is 13.0 Å². The fourth-order valence-corrected chi connectivity index (χ4v) is 3.77. The summed E-state index contributed by atoms with van der Waals surface area (Å²) in [6.45, 7) is 4.88. The maximum Gasteiger partial charge on any atom is 0.227 e. The zero-order valence-corrected chi connectivity index (χ0v) is 16.3. The molecule has 1 amide bonds. The summed E-state index contributed by atoms with van der Waals surface area (Å²) in [5, 5.41) is 3.08. The molecule has 1 saturated heterocycles. The first-order chi connectivity index (χ1) is 13.5. The quantitative estimate of drug-likeness (QED) is 0.770. The van der Waals surface area contributed by atoms with Crippen LogP contribution in [0.3, 0.4) is 0 Å². The smallest absolute Gasteiger partial charge is 0.227 e. The van der Waals surface area contributed by atoms with Crippen molar-refractivity contribution < 1.29 is 13.6 Å². The average Bonchev–Trinajstić information content (AvgIpc) is 2.73. The van der Waals surface area contributed by atoms with Gasteiger partial charge in [0.25, 0.3) is 0 Å². The van der Waals surface area contributed by atoms with E-state index in [1.54, 1.807) is 24.3 Å². The van der Waals surface area contributed by atoms with Crippen molar-refractivity contribution in [3.63, 3.8) is 0 Å². The molecule has 0 saturated carbocycles. The second-order valence-electron chi connectivity index (χ2n) is 7.63. The third-order valence-electron chi connectivity index (χ3n) is 5.53. The van der Waals surface area contributed by atoms with Crippen LogP contribution in [0.4, 0.5) is 8.78 Å². The molecule has 150 valence electrons. The molecule has 3 nitrogen and oxygen atoms in total. The molecule has 2 aromatic carbocycles. The lowest BCUT2D eigenvalue weighted by Crippen LogP contribution is -2.45. The summed E-state index contributed by atoms with van der Waals surface area (Å²) in [5.41, 5.74) is 1.63. The number of nitrogens with one attached hydrogen (secondary N) is 1. The van der Waals surface area contributed by atoms with Crippen molar-refractivity contribution in [1.82, 2.24) is 10.2 Å². The molecule has 0 aromatic heterocycles. The van der Waals surface area contributed by atoms with E-state index >= 15 is 0 Å². The Morgan fingerprint density at radius 2 is 1.54 bits per heavy atom. The highest BCUT2D eigenvalue weighted by Crippen LogP contribution is 2.22. The van der Waals surface area contributed by atoms with Gasteiger partial charge >= 0.3 is 0 Å². The van der Waals surface area contributed by atoms with Gasteiger partial charge in [0.15, 0.2) is 0 Å². The van der Waals surface area contributed by atoms with E-state index in [0.717, 1.165) is 24.2 Å². The Kier molecular flexibility index (Phi) is 7.15. The third-order valence-corrected chi connectivity index (χ3v) is 5.53. The predicted octanol–water partition coefficient (Wildman–Crippen LogP) is 4.28. The van der Waals surface area contributed by atoms with Crippen molar-refractivity contribution >= 4 is 5.91 Å². The number of likely N-dealkylation sites (tertiary alicyclic amines) is 1. The van der Waals surface area contributed by atoms with Gasteiger partial charge in [-0.05, 0) is 74.7 Å². The summed E-state index contributed by atoms with van der Waals surface area (Å²) in [6.07, 6.45) is 4.14. The largest absolute Gasteiger partial charge is 0.354 e. The Balaban J connectivity index is 1.68. The number of carbonyl (C=O) groups is 1. The van der Waals surface area contributed by atoms with E-state index in [2.05, 4.69) is 17.1 Å². The Hall–Kier alpha value is -2.27. The monoisotopic (exact) mass is 386 g/mol. The van der Waals surface area contributed by atoms with E-state index in [9.17, 15) is 13.6 Å². The van der Waals surface area contributed by atoms with E-state index in [4.69, 9.17) is 0 Å². The van der Waals surface area contributed by atoms with Gasteiger partial charge in [-0.1, -0.05) is 30.7 Å². The molecule has 0 bridgehead atoms. The van der Waals surface area contributed by atoms with Gasteiger partial charge in [-0.15, -0.1) is 0 Å². The lowest BCUT2D eigenvalue weighted by Gasteiger charge is -2.32. The fraction of sp³-hybridized carbons (Fsp3) is 0.435. The minimum absolute atomic E-state index is 0.0835. The summed E-state index contributed by atoms with van der Waals surface area (Å²) < 4.78 is 26.5. The molecule has 1 aliphatic rings. The fourth-order valence-electron chi connectivity index (χ4n) is 3.77. The van der Waals surface area contributed by atoms with Gasteiger partial charge in [0.05, 0.1) is 5.92 Å². The number of carbonyl (C=O) groups excluding carboxylic acids is 1. The molecule has 0 radical (unpaired) electrons. The molecule has 2 unspecified atom stereocenters. The number of halogens is 2. The Morgan fingerprint density at radius 1 is 0.964 bits per heavy atom. The zero-order valence-electron chi connectivity index (χ0n) is 16.3. The highest BCUT2D eigenvalue weighted by atomic mass is 19.1. The first kappa shape index (κ1) is 20.5. The molecule has 1 heterocycles. The zero-order chi connectivity index (χ0) is 19.9. The first-order valence-electron chi connectivity index (χ1n) is 10.0. The van der Waals surface area contributed by atoms with Gasteiger partial charge < -0.3 is 5.32 Å². The van der Waals surface area contributed by atoms with E-state index in [1.807, 2.05) is 0 Å². The summed E-state index contributed by atoms with van der Waals surface area (Å²) >= 11 is 0. The lowest BCUT2D eigenvalue weighted by molar-refractivity contribution is -0.122. The number of amides is 1. The van der Waals surface area contributed by atoms with E-state index in [1.165, 1.54) is 43.5 Å². The highest BCUT2D eigenvalue weighted by Gasteiger charge is 2.23. The number of benzene rings is 2. The molecule has 0 spiro atoms. The van der Waals surface area contributed by atoms with E-state index < -0.39 is 5.92 Å². The molecule has 1 N–H and O–H groups in total. The normalized spacial score (nSPS) is 17.1. The van der Waals surface area contributed by atoms with Gasteiger partial charge in [-0.3, -0.25) is 9.69 Å². The van der Waals surface area contributed by atoms with Crippen LogP contribution in [0.5, 0.6) is 0 Å². The predicted molar refractivity (Wildman–Crippen MR) is 107 cm³/mol. The summed E-state index contributed by atoms with van der Waals surface area (Å²) in [6, 6.07) is 12.5. The minimum Gasteiger partial charge on any atom is -0.354 e. The lowest BCUT2D eigenvalue weighted by atomic mass is 9.91. The molecular formula is C23H28F2N2O. The van der Waals surface area contributed by atoms with Crippen molar-refractivity contribution in [3.8, 4) is 0 Å². The number of nitrogens with zero attached hydrogens (tertiary/aromatic N) is 1. The van der Waals surface area contributed by atoms with Crippen LogP contribution in [-0.2, 0) is 11.2 Å². The molecule has 1 aliphatic heterocycles. The Morgan fingerprint density at radius 3 is 2.14 bits per heavy atom. The van der Waals surface area contributed by atoms with Crippen LogP contribution in [-0.4, -0.2) is 36.5 Å².